The molecule has 0 N–H and O–H groups in total. The number of rotatable bonds is 3. The van der Waals surface area contributed by atoms with Crippen LogP contribution in [0.4, 0.5) is 0 Å². The lowest BCUT2D eigenvalue weighted by molar-refractivity contribution is 0.662. The van der Waals surface area contributed by atoms with Crippen LogP contribution in [0.25, 0.3) is 108 Å². The van der Waals surface area contributed by atoms with Gasteiger partial charge in [-0.1, -0.05) is 191 Å². The smallest absolute Gasteiger partial charge is 0.0368 e. The summed E-state index contributed by atoms with van der Waals surface area (Å²) in [6.07, 6.45) is 0. The second kappa shape index (κ2) is 12.4. The molecule has 10 aromatic carbocycles. The van der Waals surface area contributed by atoms with Crippen molar-refractivity contribution in [3.05, 3.63) is 204 Å². The number of hydrogen-bond acceptors (Lipinski definition) is 1. The second-order valence-corrected chi connectivity index (χ2v) is 19.4. The van der Waals surface area contributed by atoms with Crippen molar-refractivity contribution < 1.29 is 0 Å². The molecule has 0 unspecified atom stereocenters. The van der Waals surface area contributed by atoms with Crippen molar-refractivity contribution in [2.24, 2.45) is 0 Å². The van der Waals surface area contributed by atoms with Crippen LogP contribution in [0.3, 0.4) is 0 Å². The molecule has 2 aliphatic rings. The normalized spacial score (nSPS) is 14.5. The van der Waals surface area contributed by atoms with Gasteiger partial charge >= 0.3 is 0 Å². The number of hydrogen-bond donors (Lipinski definition) is 0. The van der Waals surface area contributed by atoms with Gasteiger partial charge in [-0.3, -0.25) is 0 Å². The van der Waals surface area contributed by atoms with Crippen LogP contribution in [0.1, 0.15) is 49.9 Å². The molecule has 0 radical (unpaired) electrons. The summed E-state index contributed by atoms with van der Waals surface area (Å²) in [5.74, 6) is 0. The molecule has 0 amide bonds. The number of benzene rings is 10. The fourth-order valence-electron chi connectivity index (χ4n) is 11.8. The van der Waals surface area contributed by atoms with Gasteiger partial charge in [0, 0.05) is 31.0 Å². The predicted octanol–water partition coefficient (Wildman–Crippen LogP) is 17.1. The van der Waals surface area contributed by atoms with Crippen LogP contribution in [0.5, 0.6) is 0 Å². The Hall–Kier alpha value is -6.80. The first-order valence-electron chi connectivity index (χ1n) is 21.6. The molecule has 1 aromatic heterocycles. The molecule has 0 aliphatic heterocycles. The van der Waals surface area contributed by atoms with E-state index in [2.05, 4.69) is 210 Å². The number of thiophene rings is 1. The van der Waals surface area contributed by atoms with Gasteiger partial charge in [-0.15, -0.1) is 11.3 Å². The first-order valence-corrected chi connectivity index (χ1v) is 22.4. The monoisotopic (exact) mass is 794 g/mol. The third kappa shape index (κ3) is 4.65. The van der Waals surface area contributed by atoms with Crippen molar-refractivity contribution in [1.29, 1.82) is 0 Å². The van der Waals surface area contributed by atoms with Gasteiger partial charge in [0.25, 0.3) is 0 Å². The SMILES string of the molecule is CC1(C)c2ccc(-c3c4ccccc4c(-c4ccccc4)c4ccccc34)cc2-c2cccc(-c3cc4sc5ccc6c(c5c4c4ccccc34)C(C)(C)c3ccccc3-6)c21. The molecule has 61 heavy (non-hydrogen) atoms. The number of fused-ring (bicyclic) bond motifs is 14. The van der Waals surface area contributed by atoms with Gasteiger partial charge < -0.3 is 0 Å². The van der Waals surface area contributed by atoms with Crippen molar-refractivity contribution in [3.8, 4) is 55.6 Å². The van der Waals surface area contributed by atoms with E-state index in [-0.39, 0.29) is 10.8 Å². The van der Waals surface area contributed by atoms with E-state index in [4.69, 9.17) is 0 Å². The van der Waals surface area contributed by atoms with E-state index in [0.717, 1.165) is 0 Å². The molecule has 13 rings (SSSR count). The summed E-state index contributed by atoms with van der Waals surface area (Å²) in [5.41, 5.74) is 18.6. The average molecular weight is 795 g/mol. The predicted molar refractivity (Wildman–Crippen MR) is 263 cm³/mol. The van der Waals surface area contributed by atoms with E-state index in [9.17, 15) is 0 Å². The molecule has 2 aliphatic carbocycles. The molecular weight excluding hydrogens is 753 g/mol. The summed E-state index contributed by atoms with van der Waals surface area (Å²) in [6, 6.07) is 68.7. The second-order valence-electron chi connectivity index (χ2n) is 18.3. The molecule has 0 atom stereocenters. The van der Waals surface area contributed by atoms with Crippen LogP contribution in [-0.2, 0) is 10.8 Å². The molecule has 1 heteroatoms. The van der Waals surface area contributed by atoms with E-state index in [1.165, 1.54) is 130 Å². The van der Waals surface area contributed by atoms with Gasteiger partial charge in [-0.2, -0.15) is 0 Å². The quantitative estimate of drug-likeness (QED) is 0.156. The van der Waals surface area contributed by atoms with E-state index in [1.807, 2.05) is 11.3 Å². The fourth-order valence-corrected chi connectivity index (χ4v) is 13.0. The first-order chi connectivity index (χ1) is 29.8. The Morgan fingerprint density at radius 1 is 0.311 bits per heavy atom. The van der Waals surface area contributed by atoms with Crippen LogP contribution in [0.15, 0.2) is 182 Å². The Kier molecular flexibility index (Phi) is 7.11. The molecule has 1 heterocycles. The highest BCUT2D eigenvalue weighted by molar-refractivity contribution is 7.26. The fraction of sp³-hybridized carbons (Fsp3) is 0.100. The maximum Gasteiger partial charge on any atom is 0.0368 e. The molecule has 0 saturated carbocycles. The first kappa shape index (κ1) is 35.0. The molecular formula is C60H42S. The zero-order chi connectivity index (χ0) is 40.8. The zero-order valence-corrected chi connectivity index (χ0v) is 35.5. The molecule has 11 aromatic rings. The van der Waals surface area contributed by atoms with Gasteiger partial charge in [0.15, 0.2) is 0 Å². The Balaban J connectivity index is 1.03. The van der Waals surface area contributed by atoms with E-state index in [0.29, 0.717) is 0 Å². The van der Waals surface area contributed by atoms with Crippen molar-refractivity contribution in [3.63, 3.8) is 0 Å². The minimum absolute atomic E-state index is 0.0867. The molecule has 0 saturated heterocycles. The van der Waals surface area contributed by atoms with Gasteiger partial charge in [0.1, 0.15) is 0 Å². The highest BCUT2D eigenvalue weighted by atomic mass is 32.1. The third-order valence-electron chi connectivity index (χ3n) is 14.4. The summed E-state index contributed by atoms with van der Waals surface area (Å²) in [4.78, 5) is 0. The van der Waals surface area contributed by atoms with Crippen LogP contribution in [0, 0.1) is 0 Å². The van der Waals surface area contributed by atoms with Gasteiger partial charge in [-0.05, 0) is 128 Å². The van der Waals surface area contributed by atoms with Crippen LogP contribution in [0.2, 0.25) is 0 Å². The largest absolute Gasteiger partial charge is 0.135 e. The summed E-state index contributed by atoms with van der Waals surface area (Å²) in [6.45, 7) is 9.70. The minimum atomic E-state index is -0.200. The summed E-state index contributed by atoms with van der Waals surface area (Å²) < 4.78 is 2.72. The topological polar surface area (TPSA) is 0 Å². The van der Waals surface area contributed by atoms with Crippen molar-refractivity contribution in [2.45, 2.75) is 38.5 Å². The third-order valence-corrected chi connectivity index (χ3v) is 15.5. The van der Waals surface area contributed by atoms with E-state index in [1.54, 1.807) is 0 Å². The summed E-state index contributed by atoms with van der Waals surface area (Å²) in [5, 5.41) is 10.6. The Bertz CT molecular complexity index is 3630. The van der Waals surface area contributed by atoms with Crippen molar-refractivity contribution in [1.82, 2.24) is 0 Å². The Morgan fingerprint density at radius 2 is 0.836 bits per heavy atom. The lowest BCUT2D eigenvalue weighted by atomic mass is 9.77. The van der Waals surface area contributed by atoms with Gasteiger partial charge in [0.05, 0.1) is 0 Å². The minimum Gasteiger partial charge on any atom is -0.135 e. The maximum atomic E-state index is 2.52. The molecule has 0 fully saturated rings. The molecule has 0 nitrogen and oxygen atoms in total. The van der Waals surface area contributed by atoms with Crippen LogP contribution < -0.4 is 0 Å². The van der Waals surface area contributed by atoms with E-state index >= 15 is 0 Å². The molecule has 288 valence electrons. The molecule has 0 spiro atoms. The highest BCUT2D eigenvalue weighted by Crippen LogP contribution is 2.58. The van der Waals surface area contributed by atoms with Crippen molar-refractivity contribution >= 4 is 63.8 Å². The standard InChI is InChI=1S/C60H42S/c1-59(2)50-31-29-36(54-42-24-12-10-22-40(42)53(35-17-6-5-7-18-35)41-23-11-13-25-43(41)54)33-48(50)45-27-16-26-44(57(45)59)47-34-52-55(39-21-9-8-19-37(39)47)56-51(61-52)32-30-46-38-20-14-15-28-49(38)60(3,4)58(46)56/h5-34H,1-4H3. The van der Waals surface area contributed by atoms with Crippen LogP contribution in [-0.4, -0.2) is 0 Å². The van der Waals surface area contributed by atoms with Gasteiger partial charge in [-0.25, -0.2) is 0 Å². The Labute approximate surface area is 360 Å². The lowest BCUT2D eigenvalue weighted by Crippen LogP contribution is -2.16. The molecule has 0 bridgehead atoms. The highest BCUT2D eigenvalue weighted by Gasteiger charge is 2.40. The summed E-state index contributed by atoms with van der Waals surface area (Å²) in [7, 11) is 0. The van der Waals surface area contributed by atoms with E-state index < -0.39 is 0 Å². The van der Waals surface area contributed by atoms with Crippen LogP contribution >= 0.6 is 11.3 Å². The maximum absolute atomic E-state index is 2.52. The zero-order valence-electron chi connectivity index (χ0n) is 34.7. The van der Waals surface area contributed by atoms with Gasteiger partial charge in [0.2, 0.25) is 0 Å². The Morgan fingerprint density at radius 3 is 1.54 bits per heavy atom. The average Bonchev–Trinajstić information content (AvgIpc) is 3.87. The summed E-state index contributed by atoms with van der Waals surface area (Å²) >= 11 is 1.95. The lowest BCUT2D eigenvalue weighted by Gasteiger charge is -2.25. The van der Waals surface area contributed by atoms with Crippen molar-refractivity contribution in [2.75, 3.05) is 0 Å².